The summed E-state index contributed by atoms with van der Waals surface area (Å²) in [5.41, 5.74) is 2.13. The molecule has 0 aliphatic carbocycles. The van der Waals surface area contributed by atoms with Crippen LogP contribution in [0.3, 0.4) is 0 Å². The Kier molecular flexibility index (Phi) is 5.43. The molecule has 0 aliphatic rings. The Morgan fingerprint density at radius 1 is 1.10 bits per heavy atom. The van der Waals surface area contributed by atoms with E-state index in [1.54, 1.807) is 16.6 Å². The number of nitrogens with one attached hydrogen (secondary N) is 1. The highest BCUT2D eigenvalue weighted by Crippen LogP contribution is 2.19. The summed E-state index contributed by atoms with van der Waals surface area (Å²) < 4.78 is 1.64. The second kappa shape index (κ2) is 8.32. The van der Waals surface area contributed by atoms with Crippen LogP contribution in [0.1, 0.15) is 30.8 Å². The minimum absolute atomic E-state index is 0.00864. The number of nitrogens with zero attached hydrogens (tertiary/aromatic N) is 4. The number of carbonyl (C=O) groups is 1. The number of H-pyrrole nitrogens is 1. The van der Waals surface area contributed by atoms with Crippen LogP contribution >= 0.6 is 0 Å². The summed E-state index contributed by atoms with van der Waals surface area (Å²) in [5.74, 6) is 0.463. The summed E-state index contributed by atoms with van der Waals surface area (Å²) in [6, 6.07) is 19.4. The zero-order valence-electron chi connectivity index (χ0n) is 16.9. The van der Waals surface area contributed by atoms with E-state index >= 15 is 0 Å². The van der Waals surface area contributed by atoms with Crippen molar-refractivity contribution >= 4 is 16.9 Å². The van der Waals surface area contributed by atoms with Gasteiger partial charge in [-0.2, -0.15) is 5.10 Å². The molecule has 1 amide bonds. The largest absolute Gasteiger partial charge is 0.339 e. The van der Waals surface area contributed by atoms with E-state index in [2.05, 4.69) is 15.1 Å². The van der Waals surface area contributed by atoms with E-state index in [0.717, 1.165) is 11.3 Å². The van der Waals surface area contributed by atoms with E-state index in [1.165, 1.54) is 6.20 Å². The summed E-state index contributed by atoms with van der Waals surface area (Å²) in [6.45, 7) is 2.00. The van der Waals surface area contributed by atoms with Gasteiger partial charge in [-0.05, 0) is 24.6 Å². The zero-order chi connectivity index (χ0) is 21.1. The molecule has 0 radical (unpaired) electrons. The Bertz CT molecular complexity index is 1210. The van der Waals surface area contributed by atoms with E-state index in [1.807, 2.05) is 67.6 Å². The lowest BCUT2D eigenvalue weighted by molar-refractivity contribution is -0.131. The minimum Gasteiger partial charge on any atom is -0.339 e. The second-order valence-electron chi connectivity index (χ2n) is 7.23. The predicted octanol–water partition coefficient (Wildman–Crippen LogP) is 3.26. The maximum absolute atomic E-state index is 12.7. The molecule has 0 unspecified atom stereocenters. The van der Waals surface area contributed by atoms with Crippen LogP contribution in [0.15, 0.2) is 71.7 Å². The van der Waals surface area contributed by atoms with Gasteiger partial charge < -0.3 is 9.88 Å². The number of hydrogen-bond acceptors (Lipinski definition) is 4. The number of rotatable bonds is 6. The molecule has 0 aliphatic heterocycles. The maximum Gasteiger partial charge on any atom is 0.262 e. The average molecular weight is 401 g/mol. The van der Waals surface area contributed by atoms with Gasteiger partial charge in [0.25, 0.3) is 5.56 Å². The van der Waals surface area contributed by atoms with E-state index in [4.69, 9.17) is 0 Å². The van der Waals surface area contributed by atoms with E-state index in [9.17, 15) is 9.59 Å². The zero-order valence-corrected chi connectivity index (χ0v) is 16.9. The number of carbonyl (C=O) groups excluding carboxylic acids is 1. The monoisotopic (exact) mass is 401 g/mol. The molecule has 0 saturated heterocycles. The molecule has 152 valence electrons. The number of hydrogen-bond donors (Lipinski definition) is 1. The molecule has 7 heteroatoms. The Morgan fingerprint density at radius 2 is 1.77 bits per heavy atom. The summed E-state index contributed by atoms with van der Waals surface area (Å²) in [7, 11) is 1.80. The number of aromatic nitrogens is 4. The first-order valence-electron chi connectivity index (χ1n) is 9.87. The van der Waals surface area contributed by atoms with Gasteiger partial charge in [0, 0.05) is 19.9 Å². The Labute approximate surface area is 174 Å². The lowest BCUT2D eigenvalue weighted by atomic mass is 10.1. The minimum atomic E-state index is -0.254. The van der Waals surface area contributed by atoms with Crippen molar-refractivity contribution in [1.82, 2.24) is 24.6 Å². The van der Waals surface area contributed by atoms with Crippen molar-refractivity contribution in [2.24, 2.45) is 0 Å². The summed E-state index contributed by atoms with van der Waals surface area (Å²) in [6.07, 6.45) is 2.11. The van der Waals surface area contributed by atoms with Crippen molar-refractivity contribution in [3.63, 3.8) is 0 Å². The quantitative estimate of drug-likeness (QED) is 0.537. The van der Waals surface area contributed by atoms with Gasteiger partial charge >= 0.3 is 0 Å². The fourth-order valence-electron chi connectivity index (χ4n) is 3.41. The number of benzene rings is 2. The molecule has 4 rings (SSSR count). The fourth-order valence-corrected chi connectivity index (χ4v) is 3.41. The lowest BCUT2D eigenvalue weighted by Crippen LogP contribution is -2.30. The molecule has 1 atom stereocenters. The molecule has 4 aromatic rings. The molecule has 1 N–H and O–H groups in total. The fraction of sp³-hybridized carbons (Fsp3) is 0.217. The van der Waals surface area contributed by atoms with E-state index in [0.29, 0.717) is 23.3 Å². The molecule has 0 saturated carbocycles. The molecule has 2 aromatic heterocycles. The third-order valence-electron chi connectivity index (χ3n) is 5.32. The van der Waals surface area contributed by atoms with Crippen LogP contribution in [0.4, 0.5) is 0 Å². The number of aromatic amines is 1. The van der Waals surface area contributed by atoms with Crippen molar-refractivity contribution in [1.29, 1.82) is 0 Å². The third-order valence-corrected chi connectivity index (χ3v) is 5.32. The van der Waals surface area contributed by atoms with Crippen LogP contribution in [0.5, 0.6) is 0 Å². The Hall–Kier alpha value is -3.74. The average Bonchev–Trinajstić information content (AvgIpc) is 3.22. The van der Waals surface area contributed by atoms with Crippen LogP contribution < -0.4 is 5.56 Å². The highest BCUT2D eigenvalue weighted by molar-refractivity contribution is 5.77. The van der Waals surface area contributed by atoms with Gasteiger partial charge in [0.05, 0.1) is 17.9 Å². The molecule has 7 nitrogen and oxygen atoms in total. The number of aryl methyl sites for hydroxylation is 1. The molecular formula is C23H23N5O2. The first-order chi connectivity index (χ1) is 14.5. The number of fused-ring (bicyclic) bond motifs is 1. The van der Waals surface area contributed by atoms with Gasteiger partial charge in [-0.3, -0.25) is 9.59 Å². The third kappa shape index (κ3) is 3.87. The maximum atomic E-state index is 12.7. The Morgan fingerprint density at radius 3 is 2.47 bits per heavy atom. The van der Waals surface area contributed by atoms with Gasteiger partial charge in [-0.1, -0.05) is 48.5 Å². The van der Waals surface area contributed by atoms with Crippen molar-refractivity contribution in [3.05, 3.63) is 88.6 Å². The number of para-hydroxylation sites is 1. The molecule has 0 fully saturated rings. The van der Waals surface area contributed by atoms with E-state index in [-0.39, 0.29) is 23.9 Å². The predicted molar refractivity (Wildman–Crippen MR) is 115 cm³/mol. The summed E-state index contributed by atoms with van der Waals surface area (Å²) >= 11 is 0. The van der Waals surface area contributed by atoms with Crippen molar-refractivity contribution in [2.45, 2.75) is 25.8 Å². The van der Waals surface area contributed by atoms with Crippen LogP contribution in [-0.4, -0.2) is 37.6 Å². The summed E-state index contributed by atoms with van der Waals surface area (Å²) in [4.78, 5) is 34.3. The standard InChI is InChI=1S/C23H23N5O2/c1-16(17-9-5-3-6-10-17)27(2)21(29)14-13-20-25-22-19(23(30)26-20)15-24-28(22)18-11-7-4-8-12-18/h3-12,15-16H,13-14H2,1-2H3,(H,25,26,30)/t16-/m1/s1. The van der Waals surface area contributed by atoms with E-state index < -0.39 is 0 Å². The Balaban J connectivity index is 1.53. The van der Waals surface area contributed by atoms with Crippen molar-refractivity contribution in [2.75, 3.05) is 7.05 Å². The van der Waals surface area contributed by atoms with Gasteiger partial charge in [-0.25, -0.2) is 9.67 Å². The first-order valence-corrected chi connectivity index (χ1v) is 9.87. The molecule has 0 bridgehead atoms. The SMILES string of the molecule is C[C@H](c1ccccc1)N(C)C(=O)CCc1nc2c(cnn2-c2ccccc2)c(=O)[nH]1. The first kappa shape index (κ1) is 19.6. The molecule has 30 heavy (non-hydrogen) atoms. The van der Waals surface area contributed by atoms with Gasteiger partial charge in [0.2, 0.25) is 5.91 Å². The normalized spacial score (nSPS) is 12.1. The van der Waals surface area contributed by atoms with Gasteiger partial charge in [0.1, 0.15) is 11.2 Å². The molecule has 0 spiro atoms. The highest BCUT2D eigenvalue weighted by Gasteiger charge is 2.18. The van der Waals surface area contributed by atoms with Gasteiger partial charge in [-0.15, -0.1) is 0 Å². The van der Waals surface area contributed by atoms with Gasteiger partial charge in [0.15, 0.2) is 5.65 Å². The highest BCUT2D eigenvalue weighted by atomic mass is 16.2. The molecular weight excluding hydrogens is 378 g/mol. The van der Waals surface area contributed by atoms with Crippen LogP contribution in [0, 0.1) is 0 Å². The topological polar surface area (TPSA) is 83.9 Å². The van der Waals surface area contributed by atoms with Crippen LogP contribution in [0.2, 0.25) is 0 Å². The molecule has 2 heterocycles. The smallest absolute Gasteiger partial charge is 0.262 e. The van der Waals surface area contributed by atoms with Crippen molar-refractivity contribution < 1.29 is 4.79 Å². The van der Waals surface area contributed by atoms with Crippen molar-refractivity contribution in [3.8, 4) is 5.69 Å². The molecule has 2 aromatic carbocycles. The second-order valence-corrected chi connectivity index (χ2v) is 7.23. The van der Waals surface area contributed by atoms with Crippen LogP contribution in [0.25, 0.3) is 16.7 Å². The summed E-state index contributed by atoms with van der Waals surface area (Å²) in [5, 5.41) is 4.73. The lowest BCUT2D eigenvalue weighted by Gasteiger charge is -2.25. The van der Waals surface area contributed by atoms with Crippen LogP contribution in [-0.2, 0) is 11.2 Å². The number of amides is 1.